The fourth-order valence-electron chi connectivity index (χ4n) is 1.78. The van der Waals surface area contributed by atoms with Crippen molar-refractivity contribution in [3.8, 4) is 11.5 Å². The molecule has 20 heavy (non-hydrogen) atoms. The van der Waals surface area contributed by atoms with Crippen molar-refractivity contribution in [2.24, 2.45) is 5.73 Å². The minimum absolute atomic E-state index is 0.0383. The standard InChI is InChI=1S/C15H14ClF2NO/c1-8-5-15(11(9(2)19)7-14(8)18)20-10-3-4-13(17)12(16)6-10/h3-7,9H,19H2,1-2H3. The highest BCUT2D eigenvalue weighted by molar-refractivity contribution is 6.30. The molecule has 0 bridgehead atoms. The number of hydrogen-bond acceptors (Lipinski definition) is 2. The number of aryl methyl sites for hydroxylation is 1. The highest BCUT2D eigenvalue weighted by atomic mass is 35.5. The first-order valence-electron chi connectivity index (χ1n) is 6.07. The van der Waals surface area contributed by atoms with E-state index in [1.165, 1.54) is 24.3 Å². The van der Waals surface area contributed by atoms with Crippen molar-refractivity contribution < 1.29 is 13.5 Å². The van der Waals surface area contributed by atoms with E-state index in [-0.39, 0.29) is 10.8 Å². The first-order valence-corrected chi connectivity index (χ1v) is 6.45. The molecule has 1 unspecified atom stereocenters. The van der Waals surface area contributed by atoms with E-state index < -0.39 is 11.9 Å². The normalized spacial score (nSPS) is 12.3. The lowest BCUT2D eigenvalue weighted by Crippen LogP contribution is -2.08. The van der Waals surface area contributed by atoms with Crippen LogP contribution in [0, 0.1) is 18.6 Å². The molecule has 5 heteroatoms. The molecule has 106 valence electrons. The summed E-state index contributed by atoms with van der Waals surface area (Å²) in [5.74, 6) is -0.0746. The molecule has 0 heterocycles. The van der Waals surface area contributed by atoms with Gasteiger partial charge in [-0.05, 0) is 43.7 Å². The van der Waals surface area contributed by atoms with Gasteiger partial charge < -0.3 is 10.5 Å². The Labute approximate surface area is 121 Å². The maximum absolute atomic E-state index is 13.6. The first-order chi connectivity index (χ1) is 9.38. The van der Waals surface area contributed by atoms with Crippen LogP contribution in [-0.2, 0) is 0 Å². The summed E-state index contributed by atoms with van der Waals surface area (Å²) in [7, 11) is 0. The van der Waals surface area contributed by atoms with E-state index >= 15 is 0 Å². The van der Waals surface area contributed by atoms with Gasteiger partial charge in [0.2, 0.25) is 0 Å². The molecule has 0 amide bonds. The Morgan fingerprint density at radius 3 is 2.45 bits per heavy atom. The first kappa shape index (κ1) is 14.8. The van der Waals surface area contributed by atoms with Crippen LogP contribution in [0.25, 0.3) is 0 Å². The van der Waals surface area contributed by atoms with Crippen LogP contribution in [0.5, 0.6) is 11.5 Å². The lowest BCUT2D eigenvalue weighted by atomic mass is 10.1. The lowest BCUT2D eigenvalue weighted by Gasteiger charge is -2.15. The molecular formula is C15H14ClF2NO. The molecule has 0 aromatic heterocycles. The van der Waals surface area contributed by atoms with Gasteiger partial charge in [0, 0.05) is 17.7 Å². The smallest absolute Gasteiger partial charge is 0.142 e. The zero-order chi connectivity index (χ0) is 14.9. The summed E-state index contributed by atoms with van der Waals surface area (Å²) in [4.78, 5) is 0. The van der Waals surface area contributed by atoms with Gasteiger partial charge in [-0.15, -0.1) is 0 Å². The second-order valence-corrected chi connectivity index (χ2v) is 5.01. The lowest BCUT2D eigenvalue weighted by molar-refractivity contribution is 0.466. The number of benzene rings is 2. The zero-order valence-electron chi connectivity index (χ0n) is 11.1. The van der Waals surface area contributed by atoms with Crippen LogP contribution in [0.4, 0.5) is 8.78 Å². The highest BCUT2D eigenvalue weighted by Crippen LogP contribution is 2.32. The molecule has 2 rings (SSSR count). The summed E-state index contributed by atoms with van der Waals surface area (Å²) in [5.41, 5.74) is 6.79. The Morgan fingerprint density at radius 1 is 1.15 bits per heavy atom. The van der Waals surface area contributed by atoms with Crippen LogP contribution in [-0.4, -0.2) is 0 Å². The van der Waals surface area contributed by atoms with E-state index in [0.717, 1.165) is 0 Å². The van der Waals surface area contributed by atoms with Crippen LogP contribution in [0.2, 0.25) is 5.02 Å². The average molecular weight is 298 g/mol. The van der Waals surface area contributed by atoms with E-state index in [1.807, 2.05) is 0 Å². The fraction of sp³-hybridized carbons (Fsp3) is 0.200. The van der Waals surface area contributed by atoms with Crippen molar-refractivity contribution in [2.75, 3.05) is 0 Å². The Morgan fingerprint density at radius 2 is 1.85 bits per heavy atom. The summed E-state index contributed by atoms with van der Waals surface area (Å²) in [6.45, 7) is 3.36. The van der Waals surface area contributed by atoms with E-state index in [1.54, 1.807) is 19.9 Å². The van der Waals surface area contributed by atoms with Gasteiger partial charge in [0.05, 0.1) is 5.02 Å². The molecule has 0 radical (unpaired) electrons. The minimum Gasteiger partial charge on any atom is -0.457 e. The van der Waals surface area contributed by atoms with Gasteiger partial charge in [-0.2, -0.15) is 0 Å². The van der Waals surface area contributed by atoms with E-state index in [0.29, 0.717) is 22.6 Å². The molecule has 2 aromatic rings. The van der Waals surface area contributed by atoms with Crippen LogP contribution in [0.3, 0.4) is 0 Å². The monoisotopic (exact) mass is 297 g/mol. The third kappa shape index (κ3) is 3.08. The van der Waals surface area contributed by atoms with Crippen LogP contribution < -0.4 is 10.5 Å². The highest BCUT2D eigenvalue weighted by Gasteiger charge is 2.13. The van der Waals surface area contributed by atoms with Gasteiger partial charge >= 0.3 is 0 Å². The van der Waals surface area contributed by atoms with Gasteiger partial charge in [0.1, 0.15) is 23.1 Å². The average Bonchev–Trinajstić information content (AvgIpc) is 2.37. The number of ether oxygens (including phenoxy) is 1. The van der Waals surface area contributed by atoms with Crippen molar-refractivity contribution in [3.05, 3.63) is 58.1 Å². The number of nitrogens with two attached hydrogens (primary N) is 1. The second-order valence-electron chi connectivity index (χ2n) is 4.61. The number of halogens is 3. The quantitative estimate of drug-likeness (QED) is 0.888. The maximum atomic E-state index is 13.6. The van der Waals surface area contributed by atoms with Crippen LogP contribution in [0.15, 0.2) is 30.3 Å². The van der Waals surface area contributed by atoms with E-state index in [2.05, 4.69) is 0 Å². The topological polar surface area (TPSA) is 35.2 Å². The van der Waals surface area contributed by atoms with Gasteiger partial charge in [0.25, 0.3) is 0 Å². The molecular weight excluding hydrogens is 284 g/mol. The SMILES string of the molecule is Cc1cc(Oc2ccc(F)c(Cl)c2)c(C(C)N)cc1F. The number of hydrogen-bond donors (Lipinski definition) is 1. The zero-order valence-corrected chi connectivity index (χ0v) is 11.8. The Hall–Kier alpha value is -1.65. The van der Waals surface area contributed by atoms with Crippen molar-refractivity contribution in [1.82, 2.24) is 0 Å². The van der Waals surface area contributed by atoms with Crippen molar-refractivity contribution in [2.45, 2.75) is 19.9 Å². The molecule has 2 nitrogen and oxygen atoms in total. The third-order valence-electron chi connectivity index (χ3n) is 2.90. The predicted octanol–water partition coefficient (Wildman–Crippen LogP) is 4.74. The Balaban J connectivity index is 2.41. The Kier molecular flexibility index (Phi) is 4.26. The van der Waals surface area contributed by atoms with Crippen LogP contribution in [0.1, 0.15) is 24.1 Å². The summed E-state index contributed by atoms with van der Waals surface area (Å²) in [6.07, 6.45) is 0. The van der Waals surface area contributed by atoms with Gasteiger partial charge in [-0.25, -0.2) is 8.78 Å². The molecule has 0 saturated carbocycles. The van der Waals surface area contributed by atoms with Gasteiger partial charge in [-0.3, -0.25) is 0 Å². The Bertz CT molecular complexity index is 644. The molecule has 0 saturated heterocycles. The molecule has 0 fully saturated rings. The fourth-order valence-corrected chi connectivity index (χ4v) is 1.95. The number of rotatable bonds is 3. The molecule has 0 aliphatic rings. The predicted molar refractivity (Wildman–Crippen MR) is 75.2 cm³/mol. The van der Waals surface area contributed by atoms with Crippen LogP contribution >= 0.6 is 11.6 Å². The summed E-state index contributed by atoms with van der Waals surface area (Å²) in [6, 6.07) is 6.53. The molecule has 0 spiro atoms. The van der Waals surface area contributed by atoms with Gasteiger partial charge in [-0.1, -0.05) is 11.6 Å². The summed E-state index contributed by atoms with van der Waals surface area (Å²) in [5, 5.41) is -0.0383. The second kappa shape index (κ2) is 5.77. The molecule has 0 aliphatic heterocycles. The summed E-state index contributed by atoms with van der Waals surface area (Å²) >= 11 is 5.70. The molecule has 0 aliphatic carbocycles. The van der Waals surface area contributed by atoms with Gasteiger partial charge in [0.15, 0.2) is 0 Å². The molecule has 1 atom stereocenters. The van der Waals surface area contributed by atoms with E-state index in [9.17, 15) is 8.78 Å². The van der Waals surface area contributed by atoms with Crippen molar-refractivity contribution in [1.29, 1.82) is 0 Å². The van der Waals surface area contributed by atoms with E-state index in [4.69, 9.17) is 22.1 Å². The molecule has 2 N–H and O–H groups in total. The maximum Gasteiger partial charge on any atom is 0.142 e. The largest absolute Gasteiger partial charge is 0.457 e. The summed E-state index contributed by atoms with van der Waals surface area (Å²) < 4.78 is 32.3. The van der Waals surface area contributed by atoms with Crippen molar-refractivity contribution >= 4 is 11.6 Å². The molecule has 2 aromatic carbocycles. The minimum atomic E-state index is -0.526. The third-order valence-corrected chi connectivity index (χ3v) is 3.19. The van der Waals surface area contributed by atoms with Crippen molar-refractivity contribution in [3.63, 3.8) is 0 Å².